The Morgan fingerprint density at radius 1 is 0.675 bits per heavy atom. The summed E-state index contributed by atoms with van der Waals surface area (Å²) in [5, 5.41) is 12.9. The number of benzene rings is 5. The smallest absolute Gasteiger partial charge is 0.194 e. The highest BCUT2D eigenvalue weighted by Gasteiger charge is 2.33. The molecule has 0 radical (unpaired) electrons. The first kappa shape index (κ1) is 24.0. The van der Waals surface area contributed by atoms with E-state index in [4.69, 9.17) is 6.57 Å². The van der Waals surface area contributed by atoms with Gasteiger partial charge in [-0.3, -0.25) is 0 Å². The van der Waals surface area contributed by atoms with E-state index in [0.717, 1.165) is 33.4 Å². The molecule has 3 nitrogen and oxygen atoms in total. The third-order valence-electron chi connectivity index (χ3n) is 8.34. The van der Waals surface area contributed by atoms with Crippen LogP contribution in [0.3, 0.4) is 0 Å². The standard InChI is InChI=1S/C37H27N3/c1-21-6-10-27-29(14-21)30-15-22(2)7-11-28(30)37(27)36-25(20-38)18-26(19-33(36)39-5)40-34-12-8-23(3)16-31(34)32-17-24(4)9-13-35(32)40/h6-19,37H,1-4H3. The molecule has 190 valence electrons. The van der Waals surface area contributed by atoms with Gasteiger partial charge < -0.3 is 4.57 Å². The fourth-order valence-electron chi connectivity index (χ4n) is 6.56. The molecule has 0 unspecified atom stereocenters. The lowest BCUT2D eigenvalue weighted by Crippen LogP contribution is -2.05. The van der Waals surface area contributed by atoms with Crippen LogP contribution in [0.25, 0.3) is 43.5 Å². The number of nitrogens with zero attached hydrogens (tertiary/aromatic N) is 3. The maximum atomic E-state index is 10.5. The van der Waals surface area contributed by atoms with Crippen LogP contribution in [0, 0.1) is 45.6 Å². The van der Waals surface area contributed by atoms with Gasteiger partial charge >= 0.3 is 0 Å². The molecule has 1 aliphatic carbocycles. The van der Waals surface area contributed by atoms with Crippen LogP contribution in [0.2, 0.25) is 0 Å². The van der Waals surface area contributed by atoms with Crippen LogP contribution < -0.4 is 0 Å². The molecular formula is C37H27N3. The summed E-state index contributed by atoms with van der Waals surface area (Å²) in [7, 11) is 0. The van der Waals surface area contributed by atoms with Gasteiger partial charge in [-0.1, -0.05) is 70.8 Å². The summed E-state index contributed by atoms with van der Waals surface area (Å²) in [5.41, 5.74) is 14.3. The van der Waals surface area contributed by atoms with Crippen LogP contribution in [-0.4, -0.2) is 4.57 Å². The Balaban J connectivity index is 1.53. The summed E-state index contributed by atoms with van der Waals surface area (Å²) in [4.78, 5) is 4.05. The minimum Gasteiger partial charge on any atom is -0.310 e. The molecule has 1 heterocycles. The molecule has 0 atom stereocenters. The average molecular weight is 514 g/mol. The van der Waals surface area contributed by atoms with E-state index in [0.29, 0.717) is 11.3 Å². The summed E-state index contributed by atoms with van der Waals surface area (Å²) in [5.74, 6) is -0.164. The number of aryl methyl sites for hydroxylation is 4. The van der Waals surface area contributed by atoms with Crippen molar-refractivity contribution in [2.75, 3.05) is 0 Å². The Kier molecular flexibility index (Phi) is 5.21. The lowest BCUT2D eigenvalue weighted by Gasteiger charge is -2.20. The number of hydrogen-bond donors (Lipinski definition) is 0. The summed E-state index contributed by atoms with van der Waals surface area (Å²) >= 11 is 0. The first-order valence-corrected chi connectivity index (χ1v) is 13.6. The molecule has 0 N–H and O–H groups in total. The van der Waals surface area contributed by atoms with E-state index in [1.807, 2.05) is 12.1 Å². The third kappa shape index (κ3) is 3.42. The van der Waals surface area contributed by atoms with Crippen molar-refractivity contribution in [1.82, 2.24) is 4.57 Å². The van der Waals surface area contributed by atoms with Gasteiger partial charge in [0.15, 0.2) is 5.69 Å². The lowest BCUT2D eigenvalue weighted by molar-refractivity contribution is 1.01. The molecule has 0 aliphatic heterocycles. The van der Waals surface area contributed by atoms with Crippen molar-refractivity contribution in [2.24, 2.45) is 0 Å². The molecule has 1 aromatic heterocycles. The molecule has 0 saturated heterocycles. The molecule has 5 aromatic carbocycles. The second-order valence-electron chi connectivity index (χ2n) is 11.1. The van der Waals surface area contributed by atoms with Crippen molar-refractivity contribution in [3.63, 3.8) is 0 Å². The van der Waals surface area contributed by atoms with Crippen molar-refractivity contribution in [3.05, 3.63) is 141 Å². The van der Waals surface area contributed by atoms with Crippen molar-refractivity contribution in [2.45, 2.75) is 33.6 Å². The quantitative estimate of drug-likeness (QED) is 0.212. The van der Waals surface area contributed by atoms with Crippen molar-refractivity contribution < 1.29 is 0 Å². The molecule has 0 bridgehead atoms. The van der Waals surface area contributed by atoms with Gasteiger partial charge in [0.1, 0.15) is 0 Å². The Bertz CT molecular complexity index is 1980. The van der Waals surface area contributed by atoms with Crippen LogP contribution in [0.15, 0.2) is 84.9 Å². The highest BCUT2D eigenvalue weighted by molar-refractivity contribution is 6.09. The van der Waals surface area contributed by atoms with Crippen LogP contribution in [0.4, 0.5) is 5.69 Å². The van der Waals surface area contributed by atoms with Gasteiger partial charge in [0.05, 0.1) is 23.7 Å². The SMILES string of the molecule is [C-]#[N+]c1cc(-n2c3ccc(C)cc3c3cc(C)ccc32)cc(C#N)c1C1c2ccc(C)cc2-c2cc(C)ccc21. The maximum Gasteiger partial charge on any atom is 0.194 e. The molecule has 3 heteroatoms. The van der Waals surface area contributed by atoms with Crippen LogP contribution in [-0.2, 0) is 0 Å². The number of nitriles is 1. The van der Waals surface area contributed by atoms with Crippen LogP contribution in [0.1, 0.15) is 50.4 Å². The maximum absolute atomic E-state index is 10.5. The van der Waals surface area contributed by atoms with Crippen LogP contribution >= 0.6 is 0 Å². The summed E-state index contributed by atoms with van der Waals surface area (Å²) < 4.78 is 2.20. The largest absolute Gasteiger partial charge is 0.310 e. The normalized spacial score (nSPS) is 12.3. The van der Waals surface area contributed by atoms with Gasteiger partial charge in [-0.2, -0.15) is 5.26 Å². The minimum atomic E-state index is -0.164. The van der Waals surface area contributed by atoms with Crippen molar-refractivity contribution in [1.29, 1.82) is 5.26 Å². The molecule has 0 spiro atoms. The van der Waals surface area contributed by atoms with E-state index in [2.05, 4.69) is 116 Å². The average Bonchev–Trinajstić information content (AvgIpc) is 3.43. The topological polar surface area (TPSA) is 33.1 Å². The predicted molar refractivity (Wildman–Crippen MR) is 164 cm³/mol. The van der Waals surface area contributed by atoms with Gasteiger partial charge in [-0.15, -0.1) is 0 Å². The Morgan fingerprint density at radius 2 is 1.18 bits per heavy atom. The van der Waals surface area contributed by atoms with E-state index in [9.17, 15) is 5.26 Å². The zero-order chi connectivity index (χ0) is 27.7. The molecule has 1 aliphatic rings. The summed E-state index contributed by atoms with van der Waals surface area (Å²) in [6.45, 7) is 16.7. The molecule has 40 heavy (non-hydrogen) atoms. The second kappa shape index (κ2) is 8.70. The van der Waals surface area contributed by atoms with Crippen molar-refractivity contribution in [3.8, 4) is 22.9 Å². The molecule has 7 rings (SSSR count). The first-order chi connectivity index (χ1) is 19.4. The van der Waals surface area contributed by atoms with E-state index in [-0.39, 0.29) is 5.92 Å². The highest BCUT2D eigenvalue weighted by Crippen LogP contribution is 2.52. The number of fused-ring (bicyclic) bond motifs is 6. The van der Waals surface area contributed by atoms with Gasteiger partial charge in [0.2, 0.25) is 0 Å². The van der Waals surface area contributed by atoms with E-state index in [1.165, 1.54) is 44.2 Å². The number of aromatic nitrogens is 1. The van der Waals surface area contributed by atoms with E-state index < -0.39 is 0 Å². The Morgan fingerprint density at radius 3 is 1.68 bits per heavy atom. The number of hydrogen-bond acceptors (Lipinski definition) is 1. The fraction of sp³-hybridized carbons (Fsp3) is 0.135. The Labute approximate surface area is 234 Å². The summed E-state index contributed by atoms with van der Waals surface area (Å²) in [6, 6.07) is 32.5. The minimum absolute atomic E-state index is 0.164. The van der Waals surface area contributed by atoms with Gasteiger partial charge in [0.25, 0.3) is 0 Å². The zero-order valence-electron chi connectivity index (χ0n) is 23.0. The van der Waals surface area contributed by atoms with Gasteiger partial charge in [-0.25, -0.2) is 4.85 Å². The molecule has 0 amide bonds. The molecule has 6 aromatic rings. The first-order valence-electron chi connectivity index (χ1n) is 13.6. The Hall–Kier alpha value is -5.12. The van der Waals surface area contributed by atoms with E-state index in [1.54, 1.807) is 0 Å². The van der Waals surface area contributed by atoms with Gasteiger partial charge in [-0.05, 0) is 91.9 Å². The zero-order valence-corrected chi connectivity index (χ0v) is 23.0. The van der Waals surface area contributed by atoms with Crippen LogP contribution in [0.5, 0.6) is 0 Å². The van der Waals surface area contributed by atoms with Gasteiger partial charge in [0, 0.05) is 27.9 Å². The van der Waals surface area contributed by atoms with E-state index >= 15 is 0 Å². The highest BCUT2D eigenvalue weighted by atomic mass is 15.0. The van der Waals surface area contributed by atoms with Crippen molar-refractivity contribution >= 4 is 27.5 Å². The summed E-state index contributed by atoms with van der Waals surface area (Å²) in [6.07, 6.45) is 0. The number of rotatable bonds is 2. The fourth-order valence-corrected chi connectivity index (χ4v) is 6.56. The molecule has 0 saturated carbocycles. The third-order valence-corrected chi connectivity index (χ3v) is 8.34. The second-order valence-corrected chi connectivity index (χ2v) is 11.1. The molecule has 0 fully saturated rings. The predicted octanol–water partition coefficient (Wildman–Crippen LogP) is 9.60. The lowest BCUT2D eigenvalue weighted by atomic mass is 9.85. The molecular weight excluding hydrogens is 486 g/mol. The monoisotopic (exact) mass is 513 g/mol.